The predicted octanol–water partition coefficient (Wildman–Crippen LogP) is 1.64. The summed E-state index contributed by atoms with van der Waals surface area (Å²) in [7, 11) is 1.65. The van der Waals surface area contributed by atoms with E-state index < -0.39 is 17.8 Å². The molecule has 0 aliphatic heterocycles. The first kappa shape index (κ1) is 14.5. The van der Waals surface area contributed by atoms with Crippen molar-refractivity contribution in [1.29, 1.82) is 5.26 Å². The molecule has 0 aromatic carbocycles. The molecule has 0 bridgehead atoms. The molecule has 1 unspecified atom stereocenters. The van der Waals surface area contributed by atoms with Crippen LogP contribution in [0.2, 0.25) is 0 Å². The first-order valence-corrected chi connectivity index (χ1v) is 6.35. The maximum absolute atomic E-state index is 12.3. The summed E-state index contributed by atoms with van der Waals surface area (Å²) in [5.74, 6) is -2.01. The van der Waals surface area contributed by atoms with Crippen LogP contribution in [0.1, 0.15) is 39.0 Å². The first-order chi connectivity index (χ1) is 8.49. The normalized spacial score (nSPS) is 24.9. The standard InChI is InChI=1S/C13H20N2O3/c1-9(7-8-14)15(2)12(16)10-5-3-4-6-11(10)13(17)18/h9-11H,3-7H2,1-2H3,(H,17,18)/t9?,10-,11+/m1/s1. The molecule has 0 aromatic heterocycles. The second-order valence-electron chi connectivity index (χ2n) is 5.00. The van der Waals surface area contributed by atoms with Gasteiger partial charge in [-0.2, -0.15) is 5.26 Å². The SMILES string of the molecule is CC(CC#N)N(C)C(=O)[C@@H]1CCCC[C@@H]1C(=O)O. The molecule has 0 radical (unpaired) electrons. The van der Waals surface area contributed by atoms with Gasteiger partial charge >= 0.3 is 5.97 Å². The number of hydrogen-bond donors (Lipinski definition) is 1. The summed E-state index contributed by atoms with van der Waals surface area (Å²) in [4.78, 5) is 25.0. The molecule has 1 aliphatic carbocycles. The van der Waals surface area contributed by atoms with Crippen molar-refractivity contribution >= 4 is 11.9 Å². The van der Waals surface area contributed by atoms with E-state index >= 15 is 0 Å². The van der Waals surface area contributed by atoms with Crippen LogP contribution in [0, 0.1) is 23.2 Å². The van der Waals surface area contributed by atoms with Gasteiger partial charge in [0.05, 0.1) is 24.3 Å². The van der Waals surface area contributed by atoms with Crippen molar-refractivity contribution in [3.63, 3.8) is 0 Å². The Balaban J connectivity index is 2.74. The largest absolute Gasteiger partial charge is 0.481 e. The van der Waals surface area contributed by atoms with E-state index in [-0.39, 0.29) is 18.4 Å². The van der Waals surface area contributed by atoms with Gasteiger partial charge in [-0.05, 0) is 19.8 Å². The van der Waals surface area contributed by atoms with E-state index in [1.807, 2.05) is 6.07 Å². The minimum atomic E-state index is -0.880. The Morgan fingerprint density at radius 1 is 1.39 bits per heavy atom. The first-order valence-electron chi connectivity index (χ1n) is 6.35. The van der Waals surface area contributed by atoms with Gasteiger partial charge < -0.3 is 10.0 Å². The maximum atomic E-state index is 12.3. The molecule has 1 N–H and O–H groups in total. The lowest BCUT2D eigenvalue weighted by Gasteiger charge is -2.33. The lowest BCUT2D eigenvalue weighted by Crippen LogP contribution is -2.44. The van der Waals surface area contributed by atoms with Crippen molar-refractivity contribution in [2.75, 3.05) is 7.05 Å². The lowest BCUT2D eigenvalue weighted by molar-refractivity contribution is -0.152. The Hall–Kier alpha value is -1.57. The van der Waals surface area contributed by atoms with Crippen LogP contribution in [0.5, 0.6) is 0 Å². The number of amides is 1. The number of carboxylic acid groups (broad SMARTS) is 1. The van der Waals surface area contributed by atoms with Crippen molar-refractivity contribution < 1.29 is 14.7 Å². The minimum absolute atomic E-state index is 0.134. The van der Waals surface area contributed by atoms with Gasteiger partial charge in [0, 0.05) is 13.1 Å². The van der Waals surface area contributed by atoms with Gasteiger partial charge in [-0.25, -0.2) is 0 Å². The summed E-state index contributed by atoms with van der Waals surface area (Å²) in [5.41, 5.74) is 0. The van der Waals surface area contributed by atoms with Crippen LogP contribution >= 0.6 is 0 Å². The molecule has 18 heavy (non-hydrogen) atoms. The average Bonchev–Trinajstić information content (AvgIpc) is 2.37. The molecule has 1 saturated carbocycles. The second kappa shape index (κ2) is 6.39. The summed E-state index contributed by atoms with van der Waals surface area (Å²) in [6, 6.07) is 1.86. The molecule has 5 nitrogen and oxygen atoms in total. The number of carbonyl (C=O) groups is 2. The van der Waals surface area contributed by atoms with E-state index in [1.165, 1.54) is 4.90 Å². The predicted molar refractivity (Wildman–Crippen MR) is 65.5 cm³/mol. The molecule has 100 valence electrons. The van der Waals surface area contributed by atoms with Crippen LogP contribution in [0.15, 0.2) is 0 Å². The smallest absolute Gasteiger partial charge is 0.307 e. The fraction of sp³-hybridized carbons (Fsp3) is 0.769. The highest BCUT2D eigenvalue weighted by molar-refractivity contribution is 5.85. The van der Waals surface area contributed by atoms with Crippen LogP contribution in [0.3, 0.4) is 0 Å². The molecule has 0 spiro atoms. The number of carbonyl (C=O) groups excluding carboxylic acids is 1. The Kier molecular flexibility index (Phi) is 5.14. The molecule has 0 aromatic rings. The lowest BCUT2D eigenvalue weighted by atomic mass is 9.78. The zero-order chi connectivity index (χ0) is 13.7. The van der Waals surface area contributed by atoms with Gasteiger partial charge in [0.15, 0.2) is 0 Å². The monoisotopic (exact) mass is 252 g/mol. The van der Waals surface area contributed by atoms with E-state index in [2.05, 4.69) is 0 Å². The Morgan fingerprint density at radius 2 is 1.94 bits per heavy atom. The molecular weight excluding hydrogens is 232 g/mol. The van der Waals surface area contributed by atoms with Crippen molar-refractivity contribution in [1.82, 2.24) is 4.90 Å². The van der Waals surface area contributed by atoms with Crippen molar-refractivity contribution in [3.8, 4) is 6.07 Å². The molecule has 5 heteroatoms. The molecule has 3 atom stereocenters. The number of aliphatic carboxylic acids is 1. The van der Waals surface area contributed by atoms with E-state index in [1.54, 1.807) is 14.0 Å². The third-order valence-corrected chi connectivity index (χ3v) is 3.80. The van der Waals surface area contributed by atoms with E-state index in [9.17, 15) is 9.59 Å². The molecule has 1 aliphatic rings. The number of nitrogens with zero attached hydrogens (tertiary/aromatic N) is 2. The number of rotatable bonds is 4. The fourth-order valence-electron chi connectivity index (χ4n) is 2.47. The summed E-state index contributed by atoms with van der Waals surface area (Å²) >= 11 is 0. The van der Waals surface area contributed by atoms with Gasteiger partial charge in [0.2, 0.25) is 5.91 Å². The minimum Gasteiger partial charge on any atom is -0.481 e. The average molecular weight is 252 g/mol. The van der Waals surface area contributed by atoms with Gasteiger partial charge in [-0.15, -0.1) is 0 Å². The van der Waals surface area contributed by atoms with Gasteiger partial charge in [0.25, 0.3) is 0 Å². The van der Waals surface area contributed by atoms with Crippen LogP contribution in [0.4, 0.5) is 0 Å². The van der Waals surface area contributed by atoms with Crippen LogP contribution in [-0.2, 0) is 9.59 Å². The van der Waals surface area contributed by atoms with Crippen LogP contribution in [-0.4, -0.2) is 35.0 Å². The Morgan fingerprint density at radius 3 is 2.44 bits per heavy atom. The molecule has 1 amide bonds. The Bertz CT molecular complexity index is 362. The van der Waals surface area contributed by atoms with Crippen molar-refractivity contribution in [2.24, 2.45) is 11.8 Å². The van der Waals surface area contributed by atoms with Crippen molar-refractivity contribution in [2.45, 2.75) is 45.1 Å². The van der Waals surface area contributed by atoms with Crippen LogP contribution in [0.25, 0.3) is 0 Å². The second-order valence-corrected chi connectivity index (χ2v) is 5.00. The number of hydrogen-bond acceptors (Lipinski definition) is 3. The third-order valence-electron chi connectivity index (χ3n) is 3.80. The van der Waals surface area contributed by atoms with Gasteiger partial charge in [-0.1, -0.05) is 12.8 Å². The molecule has 0 saturated heterocycles. The number of carboxylic acids is 1. The van der Waals surface area contributed by atoms with E-state index in [0.717, 1.165) is 12.8 Å². The van der Waals surface area contributed by atoms with Gasteiger partial charge in [-0.3, -0.25) is 9.59 Å². The third kappa shape index (κ3) is 3.22. The van der Waals surface area contributed by atoms with Gasteiger partial charge in [0.1, 0.15) is 0 Å². The Labute approximate surface area is 107 Å². The molecular formula is C13H20N2O3. The summed E-state index contributed by atoms with van der Waals surface area (Å²) in [6.07, 6.45) is 3.26. The zero-order valence-corrected chi connectivity index (χ0v) is 10.9. The van der Waals surface area contributed by atoms with E-state index in [0.29, 0.717) is 12.8 Å². The quantitative estimate of drug-likeness (QED) is 0.824. The van der Waals surface area contributed by atoms with Crippen LogP contribution < -0.4 is 0 Å². The fourth-order valence-corrected chi connectivity index (χ4v) is 2.47. The summed E-state index contributed by atoms with van der Waals surface area (Å²) < 4.78 is 0. The zero-order valence-electron chi connectivity index (χ0n) is 10.9. The van der Waals surface area contributed by atoms with E-state index in [4.69, 9.17) is 10.4 Å². The molecule has 1 rings (SSSR count). The molecule has 1 fully saturated rings. The maximum Gasteiger partial charge on any atom is 0.307 e. The summed E-state index contributed by atoms with van der Waals surface area (Å²) in [6.45, 7) is 1.81. The molecule has 0 heterocycles. The highest BCUT2D eigenvalue weighted by Crippen LogP contribution is 2.32. The highest BCUT2D eigenvalue weighted by atomic mass is 16.4. The number of nitriles is 1. The topological polar surface area (TPSA) is 81.4 Å². The highest BCUT2D eigenvalue weighted by Gasteiger charge is 2.37. The van der Waals surface area contributed by atoms with Crippen molar-refractivity contribution in [3.05, 3.63) is 0 Å². The summed E-state index contributed by atoms with van der Waals surface area (Å²) in [5, 5.41) is 17.8.